The van der Waals surface area contributed by atoms with Gasteiger partial charge in [-0.05, 0) is 18.2 Å². The van der Waals surface area contributed by atoms with Crippen molar-refractivity contribution in [2.45, 2.75) is 5.92 Å². The lowest BCUT2D eigenvalue weighted by atomic mass is 10.1. The highest BCUT2D eigenvalue weighted by molar-refractivity contribution is 6.00. The number of aromatic nitrogens is 1. The fourth-order valence-electron chi connectivity index (χ4n) is 1.65. The van der Waals surface area contributed by atoms with Crippen LogP contribution in [0.25, 0.3) is 10.8 Å². The van der Waals surface area contributed by atoms with Gasteiger partial charge in [0.15, 0.2) is 0 Å². The van der Waals surface area contributed by atoms with Crippen molar-refractivity contribution >= 4 is 22.1 Å². The Labute approximate surface area is 102 Å². The maximum atomic E-state index is 13.0. The molecule has 0 aliphatic rings. The lowest BCUT2D eigenvalue weighted by Gasteiger charge is -2.16. The molecular formula is C12H13F2N3O. The van der Waals surface area contributed by atoms with E-state index in [1.165, 1.54) is 0 Å². The normalized spacial score (nSPS) is 11.7. The summed E-state index contributed by atoms with van der Waals surface area (Å²) >= 11 is 0. The minimum Gasteiger partial charge on any atom is -0.398 e. The van der Waals surface area contributed by atoms with Gasteiger partial charge in [0.25, 0.3) is 5.92 Å². The van der Waals surface area contributed by atoms with Crippen molar-refractivity contribution in [3.05, 3.63) is 30.6 Å². The molecule has 1 aromatic heterocycles. The quantitative estimate of drug-likeness (QED) is 0.727. The summed E-state index contributed by atoms with van der Waals surface area (Å²) in [5.41, 5.74) is 6.87. The van der Waals surface area contributed by atoms with E-state index in [9.17, 15) is 8.78 Å². The summed E-state index contributed by atoms with van der Waals surface area (Å²) in [7, 11) is 0. The first-order chi connectivity index (χ1) is 8.53. The second-order valence-corrected chi connectivity index (χ2v) is 3.99. The molecule has 0 fully saturated rings. The molecule has 0 aliphatic carbocycles. The molecule has 1 heterocycles. The molecule has 6 heteroatoms. The number of aliphatic hydroxyl groups excluding tert-OH is 1. The van der Waals surface area contributed by atoms with Gasteiger partial charge < -0.3 is 16.2 Å². The van der Waals surface area contributed by atoms with E-state index in [1.807, 2.05) is 0 Å². The maximum absolute atomic E-state index is 13.0. The second-order valence-electron chi connectivity index (χ2n) is 3.99. The molecule has 0 amide bonds. The predicted molar refractivity (Wildman–Crippen MR) is 66.7 cm³/mol. The van der Waals surface area contributed by atoms with Crippen LogP contribution in [0.1, 0.15) is 0 Å². The largest absolute Gasteiger partial charge is 0.398 e. The van der Waals surface area contributed by atoms with Crippen LogP contribution in [0.3, 0.4) is 0 Å². The van der Waals surface area contributed by atoms with Gasteiger partial charge in [-0.1, -0.05) is 0 Å². The van der Waals surface area contributed by atoms with Crippen LogP contribution < -0.4 is 11.1 Å². The van der Waals surface area contributed by atoms with Crippen LogP contribution in [-0.2, 0) is 0 Å². The lowest BCUT2D eigenvalue weighted by molar-refractivity contribution is -0.0372. The van der Waals surface area contributed by atoms with E-state index in [4.69, 9.17) is 10.8 Å². The van der Waals surface area contributed by atoms with E-state index < -0.39 is 19.1 Å². The molecule has 0 aliphatic heterocycles. The summed E-state index contributed by atoms with van der Waals surface area (Å²) in [5.74, 6) is -3.16. The number of aliphatic hydroxyl groups is 1. The molecule has 4 nitrogen and oxygen atoms in total. The smallest absolute Gasteiger partial charge is 0.287 e. The summed E-state index contributed by atoms with van der Waals surface area (Å²) in [6.07, 6.45) is 3.15. The topological polar surface area (TPSA) is 71.2 Å². The molecule has 0 saturated heterocycles. The number of halogens is 2. The van der Waals surface area contributed by atoms with Crippen molar-refractivity contribution in [2.75, 3.05) is 24.2 Å². The molecule has 0 bridgehead atoms. The van der Waals surface area contributed by atoms with Crippen molar-refractivity contribution in [3.63, 3.8) is 0 Å². The van der Waals surface area contributed by atoms with E-state index in [0.29, 0.717) is 16.8 Å². The van der Waals surface area contributed by atoms with Crippen LogP contribution in [0.2, 0.25) is 0 Å². The number of anilines is 2. The number of alkyl halides is 2. The minimum absolute atomic E-state index is 0.514. The standard InChI is InChI=1S/C12H13F2N3O/c13-12(14,7-18)6-17-11-2-1-10(15)8-3-4-16-5-9(8)11/h1-5,17-18H,6-7,15H2. The third-order valence-electron chi connectivity index (χ3n) is 2.62. The Hall–Kier alpha value is -1.95. The Balaban J connectivity index is 2.32. The van der Waals surface area contributed by atoms with Crippen molar-refractivity contribution in [1.82, 2.24) is 4.98 Å². The lowest BCUT2D eigenvalue weighted by Crippen LogP contribution is -2.31. The molecule has 0 spiro atoms. The predicted octanol–water partition coefficient (Wildman–Crippen LogP) is 1.86. The van der Waals surface area contributed by atoms with Crippen LogP contribution in [-0.4, -0.2) is 29.2 Å². The summed E-state index contributed by atoms with van der Waals surface area (Å²) in [6.45, 7) is -1.83. The van der Waals surface area contributed by atoms with Crippen molar-refractivity contribution < 1.29 is 13.9 Å². The van der Waals surface area contributed by atoms with E-state index in [2.05, 4.69) is 10.3 Å². The third kappa shape index (κ3) is 2.48. The summed E-state index contributed by atoms with van der Waals surface area (Å²) in [4.78, 5) is 3.95. The monoisotopic (exact) mass is 253 g/mol. The van der Waals surface area contributed by atoms with Gasteiger partial charge in [-0.3, -0.25) is 4.98 Å². The molecule has 2 rings (SSSR count). The average Bonchev–Trinajstić information content (AvgIpc) is 2.38. The minimum atomic E-state index is -3.16. The van der Waals surface area contributed by atoms with Crippen LogP contribution >= 0.6 is 0 Å². The molecule has 4 N–H and O–H groups in total. The highest BCUT2D eigenvalue weighted by atomic mass is 19.3. The number of hydrogen-bond acceptors (Lipinski definition) is 4. The highest BCUT2D eigenvalue weighted by Crippen LogP contribution is 2.28. The Bertz CT molecular complexity index is 560. The van der Waals surface area contributed by atoms with Gasteiger partial charge in [-0.25, -0.2) is 8.78 Å². The van der Waals surface area contributed by atoms with Gasteiger partial charge in [0.05, 0.1) is 6.54 Å². The molecule has 1 aromatic carbocycles. The number of benzene rings is 1. The van der Waals surface area contributed by atoms with Gasteiger partial charge in [0.1, 0.15) is 6.61 Å². The Morgan fingerprint density at radius 3 is 2.78 bits per heavy atom. The van der Waals surface area contributed by atoms with E-state index in [-0.39, 0.29) is 0 Å². The molecule has 96 valence electrons. The molecule has 18 heavy (non-hydrogen) atoms. The maximum Gasteiger partial charge on any atom is 0.287 e. The van der Waals surface area contributed by atoms with Gasteiger partial charge in [-0.2, -0.15) is 0 Å². The fraction of sp³-hybridized carbons (Fsp3) is 0.250. The van der Waals surface area contributed by atoms with Crippen LogP contribution in [0.5, 0.6) is 0 Å². The van der Waals surface area contributed by atoms with Gasteiger partial charge in [-0.15, -0.1) is 0 Å². The molecule has 0 unspecified atom stereocenters. The number of pyridine rings is 1. The first-order valence-electron chi connectivity index (χ1n) is 5.38. The number of rotatable bonds is 4. The number of hydrogen-bond donors (Lipinski definition) is 3. The number of fused-ring (bicyclic) bond motifs is 1. The van der Waals surface area contributed by atoms with Gasteiger partial charge in [0.2, 0.25) is 0 Å². The van der Waals surface area contributed by atoms with Gasteiger partial charge >= 0.3 is 0 Å². The molecule has 0 saturated carbocycles. The summed E-state index contributed by atoms with van der Waals surface area (Å²) in [5, 5.41) is 12.5. The number of nitrogens with two attached hydrogens (primary N) is 1. The second kappa shape index (κ2) is 4.73. The molecular weight excluding hydrogens is 240 g/mol. The molecule has 0 atom stereocenters. The van der Waals surface area contributed by atoms with Crippen molar-refractivity contribution in [2.24, 2.45) is 0 Å². The molecule has 0 radical (unpaired) electrons. The number of nitrogens with zero attached hydrogens (tertiary/aromatic N) is 1. The average molecular weight is 253 g/mol. The zero-order valence-corrected chi connectivity index (χ0v) is 9.53. The number of nitrogen functional groups attached to an aromatic ring is 1. The van der Waals surface area contributed by atoms with Crippen LogP contribution in [0.4, 0.5) is 20.2 Å². The first kappa shape index (κ1) is 12.5. The Morgan fingerprint density at radius 1 is 1.28 bits per heavy atom. The van der Waals surface area contributed by atoms with Crippen molar-refractivity contribution in [1.29, 1.82) is 0 Å². The Morgan fingerprint density at radius 2 is 2.06 bits per heavy atom. The van der Waals surface area contributed by atoms with Crippen molar-refractivity contribution in [3.8, 4) is 0 Å². The van der Waals surface area contributed by atoms with Crippen LogP contribution in [0, 0.1) is 0 Å². The third-order valence-corrected chi connectivity index (χ3v) is 2.62. The fourth-order valence-corrected chi connectivity index (χ4v) is 1.65. The Kier molecular flexibility index (Phi) is 3.29. The molecule has 2 aromatic rings. The van der Waals surface area contributed by atoms with Crippen LogP contribution in [0.15, 0.2) is 30.6 Å². The zero-order valence-electron chi connectivity index (χ0n) is 9.53. The summed E-state index contributed by atoms with van der Waals surface area (Å²) < 4.78 is 25.9. The van der Waals surface area contributed by atoms with Gasteiger partial charge in [0, 0.05) is 34.5 Å². The highest BCUT2D eigenvalue weighted by Gasteiger charge is 2.27. The van der Waals surface area contributed by atoms with E-state index in [1.54, 1.807) is 30.6 Å². The summed E-state index contributed by atoms with van der Waals surface area (Å²) in [6, 6.07) is 4.98. The first-order valence-corrected chi connectivity index (χ1v) is 5.38. The zero-order chi connectivity index (χ0) is 13.2. The SMILES string of the molecule is Nc1ccc(NCC(F)(F)CO)c2cnccc12. The number of nitrogens with one attached hydrogen (secondary N) is 1. The van der Waals surface area contributed by atoms with E-state index >= 15 is 0 Å². The van der Waals surface area contributed by atoms with E-state index in [0.717, 1.165) is 5.39 Å².